The van der Waals surface area contributed by atoms with Crippen molar-refractivity contribution in [3.8, 4) is 5.75 Å². The topological polar surface area (TPSA) is 125 Å². The third-order valence-corrected chi connectivity index (χ3v) is 6.45. The van der Waals surface area contributed by atoms with Gasteiger partial charge in [0.15, 0.2) is 0 Å². The van der Waals surface area contributed by atoms with Crippen molar-refractivity contribution in [2.45, 2.75) is 58.3 Å². The van der Waals surface area contributed by atoms with Crippen LogP contribution in [0.2, 0.25) is 0 Å². The molecule has 9 nitrogen and oxygen atoms in total. The summed E-state index contributed by atoms with van der Waals surface area (Å²) in [6.07, 6.45) is 0.802. The Morgan fingerprint density at radius 2 is 1.68 bits per heavy atom. The fraction of sp³-hybridized carbons (Fsp3) is 0.464. The van der Waals surface area contributed by atoms with Gasteiger partial charge in [0.25, 0.3) is 0 Å². The monoisotopic (exact) mass is 528 g/mol. The van der Waals surface area contributed by atoms with Crippen molar-refractivity contribution in [3.63, 3.8) is 0 Å². The molecule has 38 heavy (non-hydrogen) atoms. The Labute approximate surface area is 222 Å². The number of piperidine rings is 1. The van der Waals surface area contributed by atoms with Crippen LogP contribution in [0, 0.1) is 11.7 Å². The molecule has 1 heterocycles. The van der Waals surface area contributed by atoms with Crippen molar-refractivity contribution in [2.75, 3.05) is 19.7 Å². The molecule has 0 aliphatic carbocycles. The third kappa shape index (κ3) is 8.72. The van der Waals surface area contributed by atoms with Gasteiger partial charge in [0.1, 0.15) is 17.6 Å². The van der Waals surface area contributed by atoms with Crippen LogP contribution in [0.25, 0.3) is 0 Å². The van der Waals surface area contributed by atoms with E-state index in [1.54, 1.807) is 21.9 Å². The SMILES string of the molecule is CC(C)COc1ccc(CNC(=O)N(Cc2ccc(F)cc2)C2CCN(C(=O)C[C@H](N)C(=O)O)CC2)cc1. The van der Waals surface area contributed by atoms with Crippen LogP contribution in [-0.2, 0) is 22.7 Å². The maximum atomic E-state index is 13.4. The average Bonchev–Trinajstić information content (AvgIpc) is 2.90. The number of carboxylic acid groups (broad SMARTS) is 1. The predicted molar refractivity (Wildman–Crippen MR) is 141 cm³/mol. The molecule has 0 radical (unpaired) electrons. The lowest BCUT2D eigenvalue weighted by atomic mass is 10.0. The average molecular weight is 529 g/mol. The number of rotatable bonds is 11. The van der Waals surface area contributed by atoms with E-state index in [-0.39, 0.29) is 36.8 Å². The van der Waals surface area contributed by atoms with Crippen LogP contribution in [0.1, 0.15) is 44.2 Å². The second-order valence-electron chi connectivity index (χ2n) is 10.0. The van der Waals surface area contributed by atoms with E-state index >= 15 is 0 Å². The van der Waals surface area contributed by atoms with E-state index in [9.17, 15) is 18.8 Å². The Morgan fingerprint density at radius 3 is 2.26 bits per heavy atom. The lowest BCUT2D eigenvalue weighted by Crippen LogP contribution is -2.51. The molecular weight excluding hydrogens is 491 g/mol. The zero-order valence-electron chi connectivity index (χ0n) is 21.9. The number of nitrogens with one attached hydrogen (secondary N) is 1. The van der Waals surface area contributed by atoms with E-state index in [2.05, 4.69) is 19.2 Å². The molecule has 1 saturated heterocycles. The Kier molecular flexibility index (Phi) is 10.5. The highest BCUT2D eigenvalue weighted by Crippen LogP contribution is 2.21. The lowest BCUT2D eigenvalue weighted by molar-refractivity contribution is -0.143. The van der Waals surface area contributed by atoms with Gasteiger partial charge in [-0.25, -0.2) is 9.18 Å². The molecule has 10 heteroatoms. The number of nitrogens with two attached hydrogens (primary N) is 1. The maximum Gasteiger partial charge on any atom is 0.321 e. The molecule has 2 aromatic rings. The van der Waals surface area contributed by atoms with E-state index in [0.717, 1.165) is 16.9 Å². The summed E-state index contributed by atoms with van der Waals surface area (Å²) < 4.78 is 19.1. The van der Waals surface area contributed by atoms with Crippen LogP contribution in [0.5, 0.6) is 5.75 Å². The number of benzene rings is 2. The Morgan fingerprint density at radius 1 is 1.08 bits per heavy atom. The zero-order chi connectivity index (χ0) is 27.7. The number of nitrogens with zero attached hydrogens (tertiary/aromatic N) is 2. The number of hydrogen-bond donors (Lipinski definition) is 3. The van der Waals surface area contributed by atoms with E-state index in [1.165, 1.54) is 12.1 Å². The summed E-state index contributed by atoms with van der Waals surface area (Å²) in [5.74, 6) is -0.676. The Bertz CT molecular complexity index is 1070. The van der Waals surface area contributed by atoms with Crippen LogP contribution in [0.4, 0.5) is 9.18 Å². The number of carbonyl (C=O) groups excluding carboxylic acids is 2. The number of aliphatic carboxylic acids is 1. The molecule has 206 valence electrons. The van der Waals surface area contributed by atoms with Crippen LogP contribution in [0.15, 0.2) is 48.5 Å². The molecule has 0 unspecified atom stereocenters. The van der Waals surface area contributed by atoms with Crippen molar-refractivity contribution >= 4 is 17.9 Å². The molecule has 1 aliphatic rings. The fourth-order valence-electron chi connectivity index (χ4n) is 4.23. The molecule has 1 fully saturated rings. The number of hydrogen-bond acceptors (Lipinski definition) is 5. The maximum absolute atomic E-state index is 13.4. The summed E-state index contributed by atoms with van der Waals surface area (Å²) in [5, 5.41) is 12.0. The molecule has 3 rings (SSSR count). The van der Waals surface area contributed by atoms with Gasteiger partial charge in [0.2, 0.25) is 5.91 Å². The minimum atomic E-state index is -1.24. The van der Waals surface area contributed by atoms with Gasteiger partial charge >= 0.3 is 12.0 Å². The Hall–Kier alpha value is -3.66. The first-order valence-corrected chi connectivity index (χ1v) is 12.9. The minimum Gasteiger partial charge on any atom is -0.493 e. The smallest absolute Gasteiger partial charge is 0.321 e. The van der Waals surface area contributed by atoms with E-state index in [0.29, 0.717) is 45.0 Å². The second-order valence-corrected chi connectivity index (χ2v) is 10.0. The number of carbonyl (C=O) groups is 3. The van der Waals surface area contributed by atoms with E-state index in [4.69, 9.17) is 15.6 Å². The summed E-state index contributed by atoms with van der Waals surface area (Å²) in [6.45, 7) is 6.19. The standard InChI is InChI=1S/C28H37FN4O5/c1-19(2)18-38-24-9-5-20(6-10-24)16-31-28(37)33(17-21-3-7-22(29)8-4-21)23-11-13-32(14-12-23)26(34)15-25(30)27(35)36/h3-10,19,23,25H,11-18,30H2,1-2H3,(H,31,37)(H,35,36)/t25-/m0/s1. The van der Waals surface area contributed by atoms with Crippen LogP contribution < -0.4 is 15.8 Å². The van der Waals surface area contributed by atoms with Crippen molar-refractivity contribution in [3.05, 3.63) is 65.5 Å². The minimum absolute atomic E-state index is 0.149. The molecular formula is C28H37FN4O5. The number of urea groups is 1. The largest absolute Gasteiger partial charge is 0.493 e. The highest BCUT2D eigenvalue weighted by molar-refractivity contribution is 5.84. The molecule has 1 atom stereocenters. The van der Waals surface area contributed by atoms with Gasteiger partial charge in [-0.15, -0.1) is 0 Å². The molecule has 0 saturated carbocycles. The summed E-state index contributed by atoms with van der Waals surface area (Å²) in [6, 6.07) is 12.0. The van der Waals surface area contributed by atoms with Gasteiger partial charge in [-0.3, -0.25) is 9.59 Å². The van der Waals surface area contributed by atoms with Crippen molar-refractivity contribution in [1.29, 1.82) is 0 Å². The van der Waals surface area contributed by atoms with Crippen molar-refractivity contribution in [1.82, 2.24) is 15.1 Å². The van der Waals surface area contributed by atoms with Gasteiger partial charge in [0, 0.05) is 32.2 Å². The van der Waals surface area contributed by atoms with Crippen molar-refractivity contribution in [2.24, 2.45) is 11.7 Å². The first-order chi connectivity index (χ1) is 18.1. The second kappa shape index (κ2) is 13.8. The summed E-state index contributed by atoms with van der Waals surface area (Å²) in [7, 11) is 0. The van der Waals surface area contributed by atoms with Crippen LogP contribution >= 0.6 is 0 Å². The molecule has 0 bridgehead atoms. The molecule has 2 aromatic carbocycles. The number of amides is 3. The summed E-state index contributed by atoms with van der Waals surface area (Å²) in [5.41, 5.74) is 7.22. The predicted octanol–water partition coefficient (Wildman–Crippen LogP) is 3.37. The van der Waals surface area contributed by atoms with Gasteiger partial charge in [0.05, 0.1) is 13.0 Å². The highest BCUT2D eigenvalue weighted by Gasteiger charge is 2.31. The van der Waals surface area contributed by atoms with Crippen molar-refractivity contribution < 1.29 is 28.6 Å². The summed E-state index contributed by atoms with van der Waals surface area (Å²) in [4.78, 5) is 40.1. The Balaban J connectivity index is 1.62. The number of likely N-dealkylation sites (tertiary alicyclic amines) is 1. The zero-order valence-corrected chi connectivity index (χ0v) is 21.9. The molecule has 1 aliphatic heterocycles. The van der Waals surface area contributed by atoms with Gasteiger partial charge in [-0.1, -0.05) is 38.1 Å². The molecule has 0 spiro atoms. The number of ether oxygens (including phenoxy) is 1. The van der Waals surface area contributed by atoms with Crippen LogP contribution in [-0.4, -0.2) is 64.6 Å². The highest BCUT2D eigenvalue weighted by atomic mass is 19.1. The molecule has 0 aromatic heterocycles. The van der Waals surface area contributed by atoms with Gasteiger partial charge < -0.3 is 30.7 Å². The first-order valence-electron chi connectivity index (χ1n) is 12.9. The van der Waals surface area contributed by atoms with E-state index in [1.807, 2.05) is 24.3 Å². The fourth-order valence-corrected chi connectivity index (χ4v) is 4.23. The normalized spacial score (nSPS) is 14.7. The van der Waals surface area contributed by atoms with E-state index < -0.39 is 12.0 Å². The van der Waals surface area contributed by atoms with Gasteiger partial charge in [-0.05, 0) is 54.2 Å². The lowest BCUT2D eigenvalue weighted by Gasteiger charge is -2.39. The third-order valence-electron chi connectivity index (χ3n) is 6.45. The van der Waals surface area contributed by atoms with Gasteiger partial charge in [-0.2, -0.15) is 0 Å². The van der Waals surface area contributed by atoms with Crippen LogP contribution in [0.3, 0.4) is 0 Å². The molecule has 3 amide bonds. The number of carboxylic acids is 1. The summed E-state index contributed by atoms with van der Waals surface area (Å²) >= 11 is 0. The number of halogens is 1. The quantitative estimate of drug-likeness (QED) is 0.411. The molecule has 4 N–H and O–H groups in total. The first kappa shape index (κ1) is 28.9.